The summed E-state index contributed by atoms with van der Waals surface area (Å²) in [6.07, 6.45) is -1.05. The summed E-state index contributed by atoms with van der Waals surface area (Å²) in [5, 5.41) is 18.4. The van der Waals surface area contributed by atoms with E-state index in [1.165, 1.54) is 6.07 Å². The lowest BCUT2D eigenvalue weighted by Gasteiger charge is -2.23. The molecule has 4 N–H and O–H groups in total. The summed E-state index contributed by atoms with van der Waals surface area (Å²) < 4.78 is 28.4. The maximum atomic E-state index is 13.8. The summed E-state index contributed by atoms with van der Waals surface area (Å²) in [4.78, 5) is 14.9. The van der Waals surface area contributed by atoms with Crippen molar-refractivity contribution < 1.29 is 19.0 Å². The molecule has 100 valence electrons. The predicted molar refractivity (Wildman–Crippen MR) is 58.1 cm³/mol. The second-order valence-electron chi connectivity index (χ2n) is 4.36. The van der Waals surface area contributed by atoms with Crippen molar-refractivity contribution in [3.05, 3.63) is 22.7 Å². The molecular formula is C10H13F2N3O3. The smallest absolute Gasteiger partial charge is 0.349 e. The fourth-order valence-corrected chi connectivity index (χ4v) is 2.22. The van der Waals surface area contributed by atoms with Crippen molar-refractivity contribution in [3.8, 4) is 0 Å². The van der Waals surface area contributed by atoms with Gasteiger partial charge in [0.05, 0.1) is 0 Å². The van der Waals surface area contributed by atoms with Crippen LogP contribution in [0.25, 0.3) is 0 Å². The van der Waals surface area contributed by atoms with E-state index >= 15 is 0 Å². The third-order valence-corrected chi connectivity index (χ3v) is 3.23. The number of aliphatic hydroxyl groups is 2. The highest BCUT2D eigenvalue weighted by atomic mass is 19.3. The molecule has 8 heteroatoms. The molecule has 1 aliphatic carbocycles. The molecule has 18 heavy (non-hydrogen) atoms. The van der Waals surface area contributed by atoms with Crippen LogP contribution in [0, 0.1) is 5.92 Å². The number of hydrogen-bond acceptors (Lipinski definition) is 5. The van der Waals surface area contributed by atoms with Crippen molar-refractivity contribution in [3.63, 3.8) is 0 Å². The number of anilines is 1. The molecule has 1 aromatic heterocycles. The van der Waals surface area contributed by atoms with Crippen LogP contribution in [0.5, 0.6) is 0 Å². The molecular weight excluding hydrogens is 248 g/mol. The third-order valence-electron chi connectivity index (χ3n) is 3.23. The number of nitrogens with zero attached hydrogens (tertiary/aromatic N) is 2. The molecule has 1 heterocycles. The van der Waals surface area contributed by atoms with Gasteiger partial charge in [-0.3, -0.25) is 4.57 Å². The molecule has 1 saturated carbocycles. The van der Waals surface area contributed by atoms with Crippen LogP contribution in [0.2, 0.25) is 0 Å². The van der Waals surface area contributed by atoms with Crippen molar-refractivity contribution in [1.82, 2.24) is 9.55 Å². The molecule has 1 fully saturated rings. The molecule has 0 aliphatic heterocycles. The van der Waals surface area contributed by atoms with Crippen molar-refractivity contribution in [2.45, 2.75) is 24.5 Å². The molecule has 0 aromatic carbocycles. The minimum absolute atomic E-state index is 0.0585. The van der Waals surface area contributed by atoms with Gasteiger partial charge < -0.3 is 15.9 Å². The summed E-state index contributed by atoms with van der Waals surface area (Å²) in [5.41, 5.74) is 4.38. The zero-order chi connectivity index (χ0) is 13.5. The number of nitrogens with two attached hydrogens (primary N) is 1. The van der Waals surface area contributed by atoms with Gasteiger partial charge in [-0.2, -0.15) is 4.98 Å². The van der Waals surface area contributed by atoms with Crippen LogP contribution in [0.4, 0.5) is 14.6 Å². The first-order valence-electron chi connectivity index (χ1n) is 5.39. The molecule has 3 atom stereocenters. The van der Waals surface area contributed by atoms with E-state index in [2.05, 4.69) is 4.98 Å². The molecule has 1 aromatic rings. The average Bonchev–Trinajstić information content (AvgIpc) is 2.52. The molecule has 1 aliphatic rings. The van der Waals surface area contributed by atoms with E-state index in [1.54, 1.807) is 0 Å². The number of aliphatic hydroxyl groups excluding tert-OH is 2. The SMILES string of the molecule is Nc1ccn(C2C[C@H](CO)[C@@H](O)C2(F)F)c(=O)n1. The van der Waals surface area contributed by atoms with E-state index in [9.17, 15) is 18.7 Å². The lowest BCUT2D eigenvalue weighted by Crippen LogP contribution is -2.40. The largest absolute Gasteiger partial charge is 0.396 e. The van der Waals surface area contributed by atoms with E-state index in [0.29, 0.717) is 0 Å². The summed E-state index contributed by atoms with van der Waals surface area (Å²) in [5.74, 6) is -4.51. The van der Waals surface area contributed by atoms with Crippen molar-refractivity contribution in [2.24, 2.45) is 5.92 Å². The first-order chi connectivity index (χ1) is 8.37. The maximum Gasteiger partial charge on any atom is 0.349 e. The molecule has 0 bridgehead atoms. The summed E-state index contributed by atoms with van der Waals surface area (Å²) in [6, 6.07) is -0.291. The van der Waals surface area contributed by atoms with Gasteiger partial charge in [0, 0.05) is 18.7 Å². The van der Waals surface area contributed by atoms with E-state index < -0.39 is 36.3 Å². The fourth-order valence-electron chi connectivity index (χ4n) is 2.22. The third kappa shape index (κ3) is 1.87. The van der Waals surface area contributed by atoms with Crippen LogP contribution in [0.1, 0.15) is 12.5 Å². The summed E-state index contributed by atoms with van der Waals surface area (Å²) in [6.45, 7) is -0.565. The number of alkyl halides is 2. The summed E-state index contributed by atoms with van der Waals surface area (Å²) >= 11 is 0. The van der Waals surface area contributed by atoms with E-state index in [0.717, 1.165) is 10.8 Å². The Morgan fingerprint density at radius 2 is 2.28 bits per heavy atom. The monoisotopic (exact) mass is 261 g/mol. The highest BCUT2D eigenvalue weighted by Crippen LogP contribution is 2.46. The van der Waals surface area contributed by atoms with Gasteiger partial charge >= 0.3 is 5.69 Å². The number of hydrogen-bond donors (Lipinski definition) is 3. The van der Waals surface area contributed by atoms with Gasteiger partial charge in [-0.25, -0.2) is 13.6 Å². The van der Waals surface area contributed by atoms with Gasteiger partial charge in [0.15, 0.2) is 0 Å². The molecule has 0 amide bonds. The predicted octanol–water partition coefficient (Wildman–Crippen LogP) is -0.625. The Morgan fingerprint density at radius 3 is 2.78 bits per heavy atom. The van der Waals surface area contributed by atoms with Gasteiger partial charge in [-0.1, -0.05) is 0 Å². The normalized spacial score (nSPS) is 30.6. The minimum Gasteiger partial charge on any atom is -0.396 e. The Morgan fingerprint density at radius 1 is 1.61 bits per heavy atom. The highest BCUT2D eigenvalue weighted by molar-refractivity contribution is 5.24. The Bertz CT molecular complexity index is 505. The topological polar surface area (TPSA) is 101 Å². The second kappa shape index (κ2) is 4.29. The van der Waals surface area contributed by atoms with Crippen molar-refractivity contribution >= 4 is 5.82 Å². The first kappa shape index (κ1) is 12.9. The lowest BCUT2D eigenvalue weighted by molar-refractivity contribution is -0.123. The number of aromatic nitrogens is 2. The molecule has 0 radical (unpaired) electrons. The first-order valence-corrected chi connectivity index (χ1v) is 5.39. The van der Waals surface area contributed by atoms with E-state index in [4.69, 9.17) is 10.8 Å². The Hall–Kier alpha value is -1.54. The van der Waals surface area contributed by atoms with Crippen LogP contribution in [-0.4, -0.2) is 38.4 Å². The zero-order valence-corrected chi connectivity index (χ0v) is 9.33. The molecule has 0 spiro atoms. The standard InChI is InChI=1S/C10H13F2N3O3/c11-10(12)6(3-5(4-16)8(10)17)15-2-1-7(13)14-9(15)18/h1-2,5-6,8,16-17H,3-4H2,(H2,13,14,18)/t5-,6?,8-/m1/s1. The van der Waals surface area contributed by atoms with Gasteiger partial charge in [-0.15, -0.1) is 0 Å². The second-order valence-corrected chi connectivity index (χ2v) is 4.36. The van der Waals surface area contributed by atoms with Gasteiger partial charge in [0.2, 0.25) is 0 Å². The highest BCUT2D eigenvalue weighted by Gasteiger charge is 2.57. The molecule has 0 saturated heterocycles. The van der Waals surface area contributed by atoms with E-state index in [1.807, 2.05) is 0 Å². The average molecular weight is 261 g/mol. The van der Waals surface area contributed by atoms with Crippen LogP contribution in [0.15, 0.2) is 17.1 Å². The van der Waals surface area contributed by atoms with Crippen LogP contribution in [-0.2, 0) is 0 Å². The van der Waals surface area contributed by atoms with E-state index in [-0.39, 0.29) is 12.2 Å². The van der Waals surface area contributed by atoms with Crippen molar-refractivity contribution in [2.75, 3.05) is 12.3 Å². The van der Waals surface area contributed by atoms with Gasteiger partial charge in [0.1, 0.15) is 18.0 Å². The fraction of sp³-hybridized carbons (Fsp3) is 0.600. The van der Waals surface area contributed by atoms with Crippen LogP contribution in [0.3, 0.4) is 0 Å². The summed E-state index contributed by atoms with van der Waals surface area (Å²) in [7, 11) is 0. The lowest BCUT2D eigenvalue weighted by atomic mass is 10.1. The number of nitrogen functional groups attached to an aromatic ring is 1. The zero-order valence-electron chi connectivity index (χ0n) is 9.33. The van der Waals surface area contributed by atoms with Crippen LogP contribution >= 0.6 is 0 Å². The molecule has 6 nitrogen and oxygen atoms in total. The Kier molecular flexibility index (Phi) is 3.07. The number of halogens is 2. The van der Waals surface area contributed by atoms with Crippen LogP contribution < -0.4 is 11.4 Å². The molecule has 1 unspecified atom stereocenters. The Labute approximate surface area is 101 Å². The van der Waals surface area contributed by atoms with Crippen molar-refractivity contribution in [1.29, 1.82) is 0 Å². The van der Waals surface area contributed by atoms with Gasteiger partial charge in [0.25, 0.3) is 5.92 Å². The molecule has 2 rings (SSSR count). The van der Waals surface area contributed by atoms with Gasteiger partial charge in [-0.05, 0) is 12.5 Å². The Balaban J connectivity index is 2.42. The minimum atomic E-state index is -3.49. The quantitative estimate of drug-likeness (QED) is 0.658. The maximum absolute atomic E-state index is 13.8. The number of rotatable bonds is 2.